The monoisotopic (exact) mass is 238 g/mol. The molecule has 1 aliphatic rings. The van der Waals surface area contributed by atoms with Crippen LogP contribution in [0.4, 0.5) is 4.39 Å². The summed E-state index contributed by atoms with van der Waals surface area (Å²) in [5.41, 5.74) is 5.43. The fourth-order valence-electron chi connectivity index (χ4n) is 2.12. The van der Waals surface area contributed by atoms with Crippen LogP contribution < -0.4 is 5.73 Å². The molecule has 0 amide bonds. The third-order valence-electron chi connectivity index (χ3n) is 3.10. The van der Waals surface area contributed by atoms with Crippen LogP contribution in [0.15, 0.2) is 24.3 Å². The lowest BCUT2D eigenvalue weighted by molar-refractivity contribution is -0.142. The second-order valence-electron chi connectivity index (χ2n) is 4.55. The Morgan fingerprint density at radius 1 is 1.59 bits per heavy atom. The van der Waals surface area contributed by atoms with Gasteiger partial charge in [-0.05, 0) is 24.1 Å². The van der Waals surface area contributed by atoms with Crippen molar-refractivity contribution in [2.45, 2.75) is 18.5 Å². The van der Waals surface area contributed by atoms with E-state index in [0.29, 0.717) is 26.1 Å². The molecule has 17 heavy (non-hydrogen) atoms. The highest BCUT2D eigenvalue weighted by atomic mass is 19.1. The van der Waals surface area contributed by atoms with Crippen molar-refractivity contribution in [3.05, 3.63) is 35.6 Å². The van der Waals surface area contributed by atoms with Crippen LogP contribution in [-0.2, 0) is 11.3 Å². The third kappa shape index (κ3) is 2.62. The summed E-state index contributed by atoms with van der Waals surface area (Å²) < 4.78 is 13.0. The van der Waals surface area contributed by atoms with E-state index in [2.05, 4.69) is 0 Å². The third-order valence-corrected chi connectivity index (χ3v) is 3.10. The molecule has 1 saturated heterocycles. The first-order valence-electron chi connectivity index (χ1n) is 5.49. The topological polar surface area (TPSA) is 66.6 Å². The Kier molecular flexibility index (Phi) is 3.13. The highest BCUT2D eigenvalue weighted by molar-refractivity contribution is 5.79. The normalized spacial score (nSPS) is 25.1. The maximum Gasteiger partial charge on any atom is 0.325 e. The lowest BCUT2D eigenvalue weighted by Crippen LogP contribution is -2.50. The van der Waals surface area contributed by atoms with Crippen molar-refractivity contribution in [2.24, 2.45) is 5.73 Å². The van der Waals surface area contributed by atoms with Crippen molar-refractivity contribution >= 4 is 5.97 Å². The van der Waals surface area contributed by atoms with Gasteiger partial charge in [0.2, 0.25) is 0 Å². The summed E-state index contributed by atoms with van der Waals surface area (Å²) in [6.07, 6.45) is 0.428. The molecule has 0 aromatic heterocycles. The van der Waals surface area contributed by atoms with E-state index in [-0.39, 0.29) is 5.82 Å². The number of aliphatic carboxylic acids is 1. The van der Waals surface area contributed by atoms with E-state index >= 15 is 0 Å². The van der Waals surface area contributed by atoms with Crippen molar-refractivity contribution < 1.29 is 14.3 Å². The number of likely N-dealkylation sites (tertiary alicyclic amines) is 1. The van der Waals surface area contributed by atoms with E-state index in [1.165, 1.54) is 12.1 Å². The molecule has 1 atom stereocenters. The van der Waals surface area contributed by atoms with E-state index in [4.69, 9.17) is 10.8 Å². The molecule has 1 unspecified atom stereocenters. The number of benzene rings is 1. The zero-order valence-electron chi connectivity index (χ0n) is 9.40. The van der Waals surface area contributed by atoms with Crippen LogP contribution in [0.3, 0.4) is 0 Å². The van der Waals surface area contributed by atoms with Crippen LogP contribution in [0.25, 0.3) is 0 Å². The molecule has 0 saturated carbocycles. The van der Waals surface area contributed by atoms with Gasteiger partial charge in [0, 0.05) is 19.6 Å². The van der Waals surface area contributed by atoms with Gasteiger partial charge in [0.1, 0.15) is 11.4 Å². The SMILES string of the molecule is NC1(C(=O)O)CCN(Cc2cccc(F)c2)C1. The summed E-state index contributed by atoms with van der Waals surface area (Å²) in [5, 5.41) is 8.99. The Bertz CT molecular complexity index is 438. The van der Waals surface area contributed by atoms with Gasteiger partial charge in [0.25, 0.3) is 0 Å². The van der Waals surface area contributed by atoms with Crippen LogP contribution in [0.5, 0.6) is 0 Å². The zero-order chi connectivity index (χ0) is 12.5. The van der Waals surface area contributed by atoms with Crippen molar-refractivity contribution in [3.8, 4) is 0 Å². The van der Waals surface area contributed by atoms with Gasteiger partial charge in [-0.25, -0.2) is 4.39 Å². The standard InChI is InChI=1S/C12H15FN2O2/c13-10-3-1-2-9(6-10)7-15-5-4-12(14,8-15)11(16)17/h1-3,6H,4-5,7-8,14H2,(H,16,17). The molecule has 1 heterocycles. The van der Waals surface area contributed by atoms with Crippen molar-refractivity contribution in [3.63, 3.8) is 0 Å². The molecule has 0 aliphatic carbocycles. The van der Waals surface area contributed by atoms with Gasteiger partial charge in [0.05, 0.1) is 0 Å². The van der Waals surface area contributed by atoms with Crippen LogP contribution in [-0.4, -0.2) is 34.6 Å². The number of hydrogen-bond acceptors (Lipinski definition) is 3. The Morgan fingerprint density at radius 2 is 2.35 bits per heavy atom. The van der Waals surface area contributed by atoms with Gasteiger partial charge in [-0.1, -0.05) is 12.1 Å². The van der Waals surface area contributed by atoms with E-state index in [9.17, 15) is 9.18 Å². The number of nitrogens with zero attached hydrogens (tertiary/aromatic N) is 1. The summed E-state index contributed by atoms with van der Waals surface area (Å²) in [5.74, 6) is -1.25. The predicted molar refractivity (Wildman–Crippen MR) is 60.8 cm³/mol. The second-order valence-corrected chi connectivity index (χ2v) is 4.55. The number of hydrogen-bond donors (Lipinski definition) is 2. The van der Waals surface area contributed by atoms with Gasteiger partial charge in [-0.2, -0.15) is 0 Å². The first-order valence-corrected chi connectivity index (χ1v) is 5.49. The smallest absolute Gasteiger partial charge is 0.325 e. The van der Waals surface area contributed by atoms with Crippen LogP contribution in [0, 0.1) is 5.82 Å². The first-order chi connectivity index (χ1) is 7.99. The highest BCUT2D eigenvalue weighted by Crippen LogP contribution is 2.21. The van der Waals surface area contributed by atoms with Crippen LogP contribution >= 0.6 is 0 Å². The maximum atomic E-state index is 13.0. The summed E-state index contributed by atoms with van der Waals surface area (Å²) in [7, 11) is 0. The fraction of sp³-hybridized carbons (Fsp3) is 0.417. The molecular weight excluding hydrogens is 223 g/mol. The van der Waals surface area contributed by atoms with Gasteiger partial charge >= 0.3 is 5.97 Å². The summed E-state index contributed by atoms with van der Waals surface area (Å²) in [4.78, 5) is 12.9. The lowest BCUT2D eigenvalue weighted by Gasteiger charge is -2.20. The van der Waals surface area contributed by atoms with Gasteiger partial charge in [-0.3, -0.25) is 9.69 Å². The molecule has 2 rings (SSSR count). The molecule has 92 valence electrons. The molecule has 4 nitrogen and oxygen atoms in total. The Morgan fingerprint density at radius 3 is 2.94 bits per heavy atom. The number of carbonyl (C=O) groups is 1. The molecule has 0 spiro atoms. The van der Waals surface area contributed by atoms with E-state index in [1.807, 2.05) is 11.0 Å². The minimum atomic E-state index is -1.16. The Labute approximate surface area is 98.8 Å². The molecule has 5 heteroatoms. The number of carboxylic acids is 1. The summed E-state index contributed by atoms with van der Waals surface area (Å²) in [6, 6.07) is 6.31. The Hall–Kier alpha value is -1.46. The minimum Gasteiger partial charge on any atom is -0.480 e. The van der Waals surface area contributed by atoms with E-state index in [0.717, 1.165) is 5.56 Å². The minimum absolute atomic E-state index is 0.279. The molecular formula is C12H15FN2O2. The number of carboxylic acid groups (broad SMARTS) is 1. The Balaban J connectivity index is 2.01. The predicted octanol–water partition coefficient (Wildman–Crippen LogP) is 0.813. The first kappa shape index (κ1) is 12.0. The van der Waals surface area contributed by atoms with Crippen molar-refractivity contribution in [1.29, 1.82) is 0 Å². The van der Waals surface area contributed by atoms with Gasteiger partial charge < -0.3 is 10.8 Å². The molecule has 1 aromatic carbocycles. The van der Waals surface area contributed by atoms with Crippen LogP contribution in [0.1, 0.15) is 12.0 Å². The van der Waals surface area contributed by atoms with Crippen molar-refractivity contribution in [2.75, 3.05) is 13.1 Å². The molecule has 1 aromatic rings. The molecule has 0 radical (unpaired) electrons. The van der Waals surface area contributed by atoms with Gasteiger partial charge in [-0.15, -0.1) is 0 Å². The number of nitrogens with two attached hydrogens (primary N) is 1. The van der Waals surface area contributed by atoms with Crippen molar-refractivity contribution in [1.82, 2.24) is 4.90 Å². The van der Waals surface area contributed by atoms with Gasteiger partial charge in [0.15, 0.2) is 0 Å². The number of rotatable bonds is 3. The fourth-order valence-corrected chi connectivity index (χ4v) is 2.12. The molecule has 0 bridgehead atoms. The summed E-state index contributed by atoms with van der Waals surface area (Å²) >= 11 is 0. The molecule has 1 fully saturated rings. The summed E-state index contributed by atoms with van der Waals surface area (Å²) in [6.45, 7) is 1.46. The van der Waals surface area contributed by atoms with E-state index in [1.54, 1.807) is 6.07 Å². The quantitative estimate of drug-likeness (QED) is 0.818. The van der Waals surface area contributed by atoms with Crippen LogP contribution in [0.2, 0.25) is 0 Å². The average molecular weight is 238 g/mol. The second kappa shape index (κ2) is 4.43. The number of halogens is 1. The average Bonchev–Trinajstić information content (AvgIpc) is 2.61. The van der Waals surface area contributed by atoms with E-state index < -0.39 is 11.5 Å². The molecule has 3 N–H and O–H groups in total. The lowest BCUT2D eigenvalue weighted by atomic mass is 10.0. The zero-order valence-corrected chi connectivity index (χ0v) is 9.40. The maximum absolute atomic E-state index is 13.0. The highest BCUT2D eigenvalue weighted by Gasteiger charge is 2.40. The molecule has 1 aliphatic heterocycles. The largest absolute Gasteiger partial charge is 0.480 e.